The molecular weight excluding hydrogens is 298 g/mol. The summed E-state index contributed by atoms with van der Waals surface area (Å²) in [7, 11) is 3.01. The van der Waals surface area contributed by atoms with Crippen molar-refractivity contribution >= 4 is 17.9 Å². The van der Waals surface area contributed by atoms with Crippen LogP contribution < -0.4 is 9.47 Å². The third kappa shape index (κ3) is 4.25. The molecule has 0 heterocycles. The van der Waals surface area contributed by atoms with E-state index in [4.69, 9.17) is 14.2 Å². The van der Waals surface area contributed by atoms with Gasteiger partial charge in [0.25, 0.3) is 0 Å². The Hall–Kier alpha value is -2.50. The van der Waals surface area contributed by atoms with Crippen molar-refractivity contribution < 1.29 is 24.1 Å². The summed E-state index contributed by atoms with van der Waals surface area (Å²) in [4.78, 5) is 16.4. The summed E-state index contributed by atoms with van der Waals surface area (Å²) in [6.07, 6.45) is 3.37. The maximum atomic E-state index is 12.1. The van der Waals surface area contributed by atoms with Crippen LogP contribution in [-0.4, -0.2) is 44.2 Å². The molecule has 0 bridgehead atoms. The second kappa shape index (κ2) is 7.67. The largest absolute Gasteiger partial charge is 0.506 e. The van der Waals surface area contributed by atoms with Gasteiger partial charge in [0.1, 0.15) is 22.8 Å². The van der Waals surface area contributed by atoms with Gasteiger partial charge in [-0.25, -0.2) is 4.79 Å². The van der Waals surface area contributed by atoms with Gasteiger partial charge in [-0.15, -0.1) is 0 Å². The molecule has 1 N–H and O–H groups in total. The maximum absolute atomic E-state index is 12.1. The molecule has 1 aliphatic rings. The maximum Gasteiger partial charge on any atom is 0.343 e. The molecule has 0 aromatic heterocycles. The van der Waals surface area contributed by atoms with Gasteiger partial charge in [0.2, 0.25) is 0 Å². The second-order valence-corrected chi connectivity index (χ2v) is 5.06. The van der Waals surface area contributed by atoms with Crippen molar-refractivity contribution in [1.29, 1.82) is 0 Å². The molecule has 1 saturated carbocycles. The van der Waals surface area contributed by atoms with Crippen molar-refractivity contribution in [3.8, 4) is 11.5 Å². The van der Waals surface area contributed by atoms with E-state index in [-0.39, 0.29) is 24.0 Å². The monoisotopic (exact) mass is 319 g/mol. The summed E-state index contributed by atoms with van der Waals surface area (Å²) in [5.41, 5.74) is 0.349. The Balaban J connectivity index is 2.48. The lowest BCUT2D eigenvalue weighted by Gasteiger charge is -2.12. The number of benzene rings is 1. The molecule has 0 aliphatic heterocycles. The van der Waals surface area contributed by atoms with Crippen LogP contribution in [0.3, 0.4) is 0 Å². The molecule has 23 heavy (non-hydrogen) atoms. The van der Waals surface area contributed by atoms with Crippen LogP contribution in [0.25, 0.3) is 5.76 Å². The lowest BCUT2D eigenvalue weighted by molar-refractivity contribution is -0.137. The van der Waals surface area contributed by atoms with E-state index in [1.54, 1.807) is 25.1 Å². The first-order valence-corrected chi connectivity index (χ1v) is 7.46. The van der Waals surface area contributed by atoms with Crippen LogP contribution in [0.4, 0.5) is 0 Å². The summed E-state index contributed by atoms with van der Waals surface area (Å²) in [5.74, 6) is 0.0856. The highest BCUT2D eigenvalue weighted by atomic mass is 16.5. The molecule has 0 amide bonds. The molecule has 6 nitrogen and oxygen atoms in total. The molecule has 0 spiro atoms. The number of methoxy groups -OCH3 is 2. The van der Waals surface area contributed by atoms with E-state index in [0.717, 1.165) is 12.8 Å². The third-order valence-corrected chi connectivity index (χ3v) is 3.37. The fraction of sp³-hybridized carbons (Fsp3) is 0.412. The number of carbonyl (C=O) groups is 1. The molecule has 2 rings (SSSR count). The molecular formula is C17H21NO5. The van der Waals surface area contributed by atoms with E-state index in [1.165, 1.54) is 20.4 Å². The highest BCUT2D eigenvalue weighted by Crippen LogP contribution is 2.31. The number of hydrogen-bond acceptors (Lipinski definition) is 6. The van der Waals surface area contributed by atoms with Gasteiger partial charge in [-0.2, -0.15) is 0 Å². The lowest BCUT2D eigenvalue weighted by atomic mass is 10.1. The highest BCUT2D eigenvalue weighted by Gasteiger charge is 2.23. The van der Waals surface area contributed by atoms with Crippen LogP contribution >= 0.6 is 0 Å². The van der Waals surface area contributed by atoms with E-state index in [0.29, 0.717) is 17.1 Å². The van der Waals surface area contributed by atoms with Crippen LogP contribution in [0.15, 0.2) is 28.8 Å². The summed E-state index contributed by atoms with van der Waals surface area (Å²) in [6.45, 7) is 1.92. The molecule has 1 aromatic carbocycles. The first-order chi connectivity index (χ1) is 11.1. The SMILES string of the molecule is CCOC(=O)/C(C=NC1CC1)=C(\O)c1cc(OC)ccc1OC. The van der Waals surface area contributed by atoms with Crippen molar-refractivity contribution in [3.05, 3.63) is 29.3 Å². The van der Waals surface area contributed by atoms with Crippen molar-refractivity contribution in [2.75, 3.05) is 20.8 Å². The number of hydrogen-bond donors (Lipinski definition) is 1. The Morgan fingerprint density at radius 1 is 1.35 bits per heavy atom. The van der Waals surface area contributed by atoms with E-state index in [9.17, 15) is 9.90 Å². The normalized spacial score (nSPS) is 15.3. The van der Waals surface area contributed by atoms with Crippen LogP contribution in [0.2, 0.25) is 0 Å². The average molecular weight is 319 g/mol. The van der Waals surface area contributed by atoms with Gasteiger partial charge in [0, 0.05) is 6.21 Å². The van der Waals surface area contributed by atoms with Gasteiger partial charge in [0.05, 0.1) is 32.4 Å². The highest BCUT2D eigenvalue weighted by molar-refractivity contribution is 6.15. The Bertz CT molecular complexity index is 632. The Labute approximate surface area is 135 Å². The molecule has 1 fully saturated rings. The first kappa shape index (κ1) is 16.9. The predicted octanol–water partition coefficient (Wildman–Crippen LogP) is 2.77. The minimum absolute atomic E-state index is 0.00491. The van der Waals surface area contributed by atoms with Crippen LogP contribution in [0, 0.1) is 0 Å². The Morgan fingerprint density at radius 3 is 2.65 bits per heavy atom. The predicted molar refractivity (Wildman–Crippen MR) is 87.2 cm³/mol. The number of esters is 1. The quantitative estimate of drug-likeness (QED) is 0.362. The standard InChI is InChI=1S/C17H21NO5/c1-4-23-17(20)14(10-18-11-5-6-11)16(19)13-9-12(21-2)7-8-15(13)22-3/h7-11,19H,4-6H2,1-3H3/b16-14-,18-10?. The molecule has 0 saturated heterocycles. The molecule has 124 valence electrons. The van der Waals surface area contributed by atoms with E-state index in [2.05, 4.69) is 4.99 Å². The fourth-order valence-corrected chi connectivity index (χ4v) is 1.97. The average Bonchev–Trinajstić information content (AvgIpc) is 3.38. The Morgan fingerprint density at radius 2 is 2.09 bits per heavy atom. The number of nitrogens with zero attached hydrogens (tertiary/aromatic N) is 1. The summed E-state index contributed by atoms with van der Waals surface area (Å²) in [5, 5.41) is 10.6. The molecule has 1 aromatic rings. The van der Waals surface area contributed by atoms with E-state index >= 15 is 0 Å². The van der Waals surface area contributed by atoms with Crippen molar-refractivity contribution in [2.24, 2.45) is 4.99 Å². The zero-order valence-electron chi connectivity index (χ0n) is 13.5. The number of aliphatic hydroxyl groups is 1. The van der Waals surface area contributed by atoms with Crippen molar-refractivity contribution in [2.45, 2.75) is 25.8 Å². The van der Waals surface area contributed by atoms with Crippen molar-refractivity contribution in [3.63, 3.8) is 0 Å². The number of rotatable bonds is 7. The molecule has 1 aliphatic carbocycles. The number of aliphatic imine (C=N–C) groups is 1. The van der Waals surface area contributed by atoms with Crippen molar-refractivity contribution in [1.82, 2.24) is 0 Å². The van der Waals surface area contributed by atoms with Gasteiger partial charge >= 0.3 is 5.97 Å². The molecule has 0 radical (unpaired) electrons. The number of ether oxygens (including phenoxy) is 3. The lowest BCUT2D eigenvalue weighted by Crippen LogP contribution is -2.12. The topological polar surface area (TPSA) is 77.4 Å². The first-order valence-electron chi connectivity index (χ1n) is 7.46. The van der Waals surface area contributed by atoms with Gasteiger partial charge in [-0.1, -0.05) is 0 Å². The van der Waals surface area contributed by atoms with Crippen LogP contribution in [-0.2, 0) is 9.53 Å². The summed E-state index contributed by atoms with van der Waals surface area (Å²) >= 11 is 0. The third-order valence-electron chi connectivity index (χ3n) is 3.37. The summed E-state index contributed by atoms with van der Waals surface area (Å²) in [6, 6.07) is 5.18. The molecule has 0 atom stereocenters. The summed E-state index contributed by atoms with van der Waals surface area (Å²) < 4.78 is 15.4. The van der Waals surface area contributed by atoms with Gasteiger partial charge in [0.15, 0.2) is 0 Å². The van der Waals surface area contributed by atoms with Crippen LogP contribution in [0.5, 0.6) is 11.5 Å². The van der Waals surface area contributed by atoms with Gasteiger partial charge in [-0.05, 0) is 38.0 Å². The van der Waals surface area contributed by atoms with Crippen LogP contribution in [0.1, 0.15) is 25.3 Å². The Kier molecular flexibility index (Phi) is 5.62. The smallest absolute Gasteiger partial charge is 0.343 e. The number of aliphatic hydroxyl groups excluding tert-OH is 1. The zero-order chi connectivity index (χ0) is 16.8. The fourth-order valence-electron chi connectivity index (χ4n) is 1.97. The minimum atomic E-state index is -0.626. The van der Waals surface area contributed by atoms with E-state index in [1.807, 2.05) is 0 Å². The van der Waals surface area contributed by atoms with Gasteiger partial charge < -0.3 is 19.3 Å². The number of carbonyl (C=O) groups excluding carboxylic acids is 1. The van der Waals surface area contributed by atoms with E-state index < -0.39 is 5.97 Å². The zero-order valence-corrected chi connectivity index (χ0v) is 13.5. The van der Waals surface area contributed by atoms with Gasteiger partial charge in [-0.3, -0.25) is 4.99 Å². The molecule has 6 heteroatoms. The second-order valence-electron chi connectivity index (χ2n) is 5.06. The molecule has 0 unspecified atom stereocenters. The minimum Gasteiger partial charge on any atom is -0.506 e.